The molecule has 7 heteroatoms. The number of hydrogen-bond acceptors (Lipinski definition) is 5. The minimum absolute atomic E-state index is 0.152. The van der Waals surface area contributed by atoms with Gasteiger partial charge in [0, 0.05) is 17.3 Å². The van der Waals surface area contributed by atoms with E-state index in [0.29, 0.717) is 10.6 Å². The largest absolute Gasteiger partial charge is 0.384 e. The van der Waals surface area contributed by atoms with Crippen molar-refractivity contribution in [1.82, 2.24) is 15.2 Å². The van der Waals surface area contributed by atoms with E-state index in [1.807, 2.05) is 6.92 Å². The van der Waals surface area contributed by atoms with Gasteiger partial charge in [-0.15, -0.1) is 5.10 Å². The van der Waals surface area contributed by atoms with Crippen LogP contribution in [0.4, 0.5) is 11.6 Å². The molecule has 0 spiro atoms. The maximum absolute atomic E-state index is 12.2. The lowest BCUT2D eigenvalue weighted by atomic mass is 10.1. The number of amides is 1. The minimum atomic E-state index is -0.334. The topological polar surface area (TPSA) is 79.8 Å². The smallest absolute Gasteiger partial charge is 0.260 e. The maximum atomic E-state index is 12.2. The van der Waals surface area contributed by atoms with Gasteiger partial charge in [-0.3, -0.25) is 10.1 Å². The van der Waals surface area contributed by atoms with Crippen molar-refractivity contribution < 1.29 is 4.79 Å². The van der Waals surface area contributed by atoms with Gasteiger partial charge < -0.3 is 5.32 Å². The third kappa shape index (κ3) is 3.64. The van der Waals surface area contributed by atoms with Crippen LogP contribution in [-0.2, 0) is 0 Å². The van der Waals surface area contributed by atoms with Crippen LogP contribution in [0.25, 0.3) is 0 Å². The summed E-state index contributed by atoms with van der Waals surface area (Å²) in [6.07, 6.45) is 3.84. The van der Waals surface area contributed by atoms with Crippen LogP contribution in [0.1, 0.15) is 23.7 Å². The van der Waals surface area contributed by atoms with Crippen LogP contribution in [-0.4, -0.2) is 27.6 Å². The highest BCUT2D eigenvalue weighted by atomic mass is 35.5. The highest BCUT2D eigenvalue weighted by Gasteiger charge is 2.13. The monoisotopic (exact) mass is 291 g/mol. The van der Waals surface area contributed by atoms with E-state index in [-0.39, 0.29) is 11.9 Å². The fourth-order valence-corrected chi connectivity index (χ4v) is 1.76. The Labute approximate surface area is 121 Å². The number of aromatic nitrogens is 3. The van der Waals surface area contributed by atoms with E-state index in [1.165, 1.54) is 12.4 Å². The molecule has 0 aliphatic carbocycles. The van der Waals surface area contributed by atoms with Gasteiger partial charge in [-0.05, 0) is 24.6 Å². The van der Waals surface area contributed by atoms with E-state index in [2.05, 4.69) is 25.8 Å². The van der Waals surface area contributed by atoms with Crippen LogP contribution in [0.15, 0.2) is 30.6 Å². The molecule has 1 aromatic carbocycles. The first-order valence-corrected chi connectivity index (χ1v) is 6.57. The molecule has 0 bridgehead atoms. The average molecular weight is 292 g/mol. The minimum Gasteiger partial charge on any atom is -0.384 e. The summed E-state index contributed by atoms with van der Waals surface area (Å²) in [4.78, 5) is 16.1. The molecule has 2 N–H and O–H groups in total. The molecule has 0 aliphatic heterocycles. The Kier molecular flexibility index (Phi) is 4.84. The molecule has 0 saturated carbocycles. The summed E-state index contributed by atoms with van der Waals surface area (Å²) < 4.78 is 0. The van der Waals surface area contributed by atoms with Gasteiger partial charge in [-0.1, -0.05) is 18.5 Å². The fraction of sp³-hybridized carbons (Fsp3) is 0.231. The zero-order valence-corrected chi connectivity index (χ0v) is 11.7. The van der Waals surface area contributed by atoms with E-state index in [1.54, 1.807) is 18.2 Å². The van der Waals surface area contributed by atoms with Crippen molar-refractivity contribution in [3.8, 4) is 0 Å². The number of anilines is 2. The highest BCUT2D eigenvalue weighted by Crippen LogP contribution is 2.21. The number of rotatable bonds is 5. The number of halogens is 1. The Hall–Kier alpha value is -2.21. The summed E-state index contributed by atoms with van der Waals surface area (Å²) in [5.74, 6) is -0.182. The molecule has 0 unspecified atom stereocenters. The molecule has 2 aromatic rings. The van der Waals surface area contributed by atoms with Crippen LogP contribution >= 0.6 is 11.6 Å². The lowest BCUT2D eigenvalue weighted by Gasteiger charge is -2.11. The molecular formula is C13H14ClN5O. The summed E-state index contributed by atoms with van der Waals surface area (Å²) in [6.45, 7) is 2.82. The van der Waals surface area contributed by atoms with Crippen molar-refractivity contribution >= 4 is 29.1 Å². The third-order valence-corrected chi connectivity index (χ3v) is 2.73. The predicted molar refractivity (Wildman–Crippen MR) is 78.0 cm³/mol. The van der Waals surface area contributed by atoms with Crippen molar-refractivity contribution in [2.24, 2.45) is 0 Å². The van der Waals surface area contributed by atoms with Crippen molar-refractivity contribution in [3.63, 3.8) is 0 Å². The summed E-state index contributed by atoms with van der Waals surface area (Å²) in [5.41, 5.74) is 1.16. The maximum Gasteiger partial charge on any atom is 0.260 e. The van der Waals surface area contributed by atoms with Gasteiger partial charge in [0.15, 0.2) is 0 Å². The summed E-state index contributed by atoms with van der Waals surface area (Å²) >= 11 is 5.95. The Morgan fingerprint density at radius 3 is 2.90 bits per heavy atom. The SMILES string of the molecule is CCCNc1ccc(Cl)cc1C(=O)Nc1nccnn1. The molecule has 0 saturated heterocycles. The van der Waals surface area contributed by atoms with E-state index in [0.717, 1.165) is 18.7 Å². The molecule has 2 rings (SSSR count). The summed E-state index contributed by atoms with van der Waals surface area (Å²) in [5, 5.41) is 13.6. The number of nitrogens with one attached hydrogen (secondary N) is 2. The molecule has 1 aromatic heterocycles. The standard InChI is InChI=1S/C13H14ClN5O/c1-2-5-15-11-4-3-9(14)8-10(11)12(20)18-13-16-6-7-17-19-13/h3-4,6-8,15H,2,5H2,1H3,(H,16,18,19,20). The second-order valence-corrected chi connectivity index (χ2v) is 4.47. The van der Waals surface area contributed by atoms with Gasteiger partial charge in [0.2, 0.25) is 5.95 Å². The van der Waals surface area contributed by atoms with E-state index >= 15 is 0 Å². The Bertz CT molecular complexity index is 591. The van der Waals surface area contributed by atoms with Crippen molar-refractivity contribution in [2.45, 2.75) is 13.3 Å². The molecule has 0 atom stereocenters. The fourth-order valence-electron chi connectivity index (χ4n) is 1.59. The van der Waals surface area contributed by atoms with Gasteiger partial charge in [0.05, 0.1) is 18.0 Å². The molecular weight excluding hydrogens is 278 g/mol. The van der Waals surface area contributed by atoms with Gasteiger partial charge in [-0.25, -0.2) is 4.98 Å². The van der Waals surface area contributed by atoms with Crippen LogP contribution in [0.5, 0.6) is 0 Å². The summed E-state index contributed by atoms with van der Waals surface area (Å²) in [6, 6.07) is 5.11. The first-order valence-electron chi connectivity index (χ1n) is 6.19. The second kappa shape index (κ2) is 6.81. The Morgan fingerprint density at radius 1 is 1.35 bits per heavy atom. The highest BCUT2D eigenvalue weighted by molar-refractivity contribution is 6.31. The number of carbonyl (C=O) groups is 1. The lowest BCUT2D eigenvalue weighted by molar-refractivity contribution is 0.102. The molecule has 0 aliphatic rings. The van der Waals surface area contributed by atoms with E-state index in [9.17, 15) is 4.79 Å². The number of nitrogens with zero attached hydrogens (tertiary/aromatic N) is 3. The van der Waals surface area contributed by atoms with Crippen molar-refractivity contribution in [3.05, 3.63) is 41.2 Å². The normalized spacial score (nSPS) is 10.1. The van der Waals surface area contributed by atoms with Crippen LogP contribution in [0.3, 0.4) is 0 Å². The van der Waals surface area contributed by atoms with Gasteiger partial charge in [0.1, 0.15) is 0 Å². The molecule has 6 nitrogen and oxygen atoms in total. The molecule has 20 heavy (non-hydrogen) atoms. The predicted octanol–water partition coefficient (Wildman–Crippen LogP) is 2.60. The summed E-state index contributed by atoms with van der Waals surface area (Å²) in [7, 11) is 0. The zero-order valence-electron chi connectivity index (χ0n) is 10.9. The lowest BCUT2D eigenvalue weighted by Crippen LogP contribution is -2.17. The van der Waals surface area contributed by atoms with Crippen molar-refractivity contribution in [1.29, 1.82) is 0 Å². The Balaban J connectivity index is 2.21. The molecule has 0 fully saturated rings. The Morgan fingerprint density at radius 2 is 2.20 bits per heavy atom. The first-order chi connectivity index (χ1) is 9.70. The molecule has 1 heterocycles. The van der Waals surface area contributed by atoms with E-state index in [4.69, 9.17) is 11.6 Å². The van der Waals surface area contributed by atoms with Crippen LogP contribution < -0.4 is 10.6 Å². The quantitative estimate of drug-likeness (QED) is 0.885. The number of benzene rings is 1. The number of hydrogen-bond donors (Lipinski definition) is 2. The van der Waals surface area contributed by atoms with Gasteiger partial charge in [-0.2, -0.15) is 5.10 Å². The molecule has 104 valence electrons. The van der Waals surface area contributed by atoms with Gasteiger partial charge in [0.25, 0.3) is 5.91 Å². The average Bonchev–Trinajstić information content (AvgIpc) is 2.47. The van der Waals surface area contributed by atoms with Crippen molar-refractivity contribution in [2.75, 3.05) is 17.2 Å². The zero-order chi connectivity index (χ0) is 14.4. The third-order valence-electron chi connectivity index (χ3n) is 2.50. The van der Waals surface area contributed by atoms with Crippen LogP contribution in [0, 0.1) is 0 Å². The van der Waals surface area contributed by atoms with Crippen LogP contribution in [0.2, 0.25) is 5.02 Å². The first kappa shape index (κ1) is 14.2. The van der Waals surface area contributed by atoms with Gasteiger partial charge >= 0.3 is 0 Å². The number of carbonyl (C=O) groups excluding carboxylic acids is 1. The van der Waals surface area contributed by atoms with E-state index < -0.39 is 0 Å². The molecule has 0 radical (unpaired) electrons. The molecule has 1 amide bonds. The second-order valence-electron chi connectivity index (χ2n) is 4.04.